The van der Waals surface area contributed by atoms with Crippen LogP contribution in [0, 0.1) is 5.92 Å². The summed E-state index contributed by atoms with van der Waals surface area (Å²) in [6, 6.07) is 26.8. The van der Waals surface area contributed by atoms with Crippen LogP contribution in [0.4, 0.5) is 11.4 Å². The molecule has 0 atom stereocenters. The van der Waals surface area contributed by atoms with Crippen LogP contribution in [0.3, 0.4) is 0 Å². The third-order valence-corrected chi connectivity index (χ3v) is 7.42. The second-order valence-corrected chi connectivity index (χ2v) is 9.62. The maximum atomic E-state index is 13.5. The van der Waals surface area contributed by atoms with Gasteiger partial charge in [-0.2, -0.15) is 0 Å². The lowest BCUT2D eigenvalue weighted by Gasteiger charge is -2.34. The van der Waals surface area contributed by atoms with Gasteiger partial charge in [0.05, 0.1) is 18.0 Å². The highest BCUT2D eigenvalue weighted by molar-refractivity contribution is 7.98. The van der Waals surface area contributed by atoms with Crippen LogP contribution in [0.15, 0.2) is 88.8 Å². The number of amides is 1. The summed E-state index contributed by atoms with van der Waals surface area (Å²) in [7, 11) is 0. The number of likely N-dealkylation sites (tertiary alicyclic amines) is 1. The van der Waals surface area contributed by atoms with Crippen molar-refractivity contribution in [3.05, 3.63) is 90.0 Å². The third-order valence-electron chi connectivity index (χ3n) is 6.63. The van der Waals surface area contributed by atoms with Gasteiger partial charge in [-0.15, -0.1) is 11.8 Å². The number of carbonyl (C=O) groups excluding carboxylic acids is 1. The van der Waals surface area contributed by atoms with E-state index in [1.54, 1.807) is 11.8 Å². The first-order chi connectivity index (χ1) is 16.2. The molecule has 0 bridgehead atoms. The Hall–Kier alpha value is -2.89. The number of thioether (sulfide) groups is 1. The molecule has 5 rings (SSSR count). The topological polar surface area (TPSA) is 35.9 Å². The van der Waals surface area contributed by atoms with Crippen LogP contribution in [0.25, 0.3) is 0 Å². The molecular weight excluding hydrogens is 426 g/mol. The number of hydrogen-bond acceptors (Lipinski definition) is 4. The van der Waals surface area contributed by atoms with E-state index in [2.05, 4.69) is 35.2 Å². The lowest BCUT2D eigenvalue weighted by molar-refractivity contribution is -0.112. The number of benzene rings is 3. The van der Waals surface area contributed by atoms with Crippen molar-refractivity contribution in [1.29, 1.82) is 0 Å². The van der Waals surface area contributed by atoms with Gasteiger partial charge in [0.15, 0.2) is 0 Å². The minimum Gasteiger partial charge on any atom is -0.293 e. The Labute approximate surface area is 200 Å². The highest BCUT2D eigenvalue weighted by atomic mass is 32.2. The van der Waals surface area contributed by atoms with E-state index >= 15 is 0 Å². The normalized spacial score (nSPS) is 18.2. The van der Waals surface area contributed by atoms with E-state index < -0.39 is 0 Å². The van der Waals surface area contributed by atoms with Gasteiger partial charge in [-0.3, -0.25) is 14.6 Å². The van der Waals surface area contributed by atoms with E-state index in [0.29, 0.717) is 18.3 Å². The average molecular weight is 456 g/mol. The molecule has 2 heterocycles. The van der Waals surface area contributed by atoms with Crippen molar-refractivity contribution in [3.63, 3.8) is 0 Å². The van der Waals surface area contributed by atoms with Gasteiger partial charge in [0.1, 0.15) is 5.71 Å². The fraction of sp³-hybridized carbons (Fsp3) is 0.286. The first-order valence-corrected chi connectivity index (χ1v) is 12.8. The van der Waals surface area contributed by atoms with Gasteiger partial charge in [-0.25, -0.2) is 4.99 Å². The summed E-state index contributed by atoms with van der Waals surface area (Å²) < 4.78 is 0. The van der Waals surface area contributed by atoms with E-state index in [1.807, 2.05) is 59.7 Å². The average Bonchev–Trinajstić information content (AvgIpc) is 3.12. The number of anilines is 1. The predicted octanol–water partition coefficient (Wildman–Crippen LogP) is 5.79. The van der Waals surface area contributed by atoms with Crippen molar-refractivity contribution in [2.45, 2.75) is 24.2 Å². The first-order valence-electron chi connectivity index (χ1n) is 11.6. The van der Waals surface area contributed by atoms with E-state index in [4.69, 9.17) is 4.99 Å². The molecule has 2 aliphatic heterocycles. The fourth-order valence-corrected chi connectivity index (χ4v) is 5.37. The molecule has 0 N–H and O–H groups in total. The lowest BCUT2D eigenvalue weighted by atomic mass is 9.90. The van der Waals surface area contributed by atoms with Crippen molar-refractivity contribution in [3.8, 4) is 0 Å². The zero-order chi connectivity index (χ0) is 22.6. The maximum Gasteiger partial charge on any atom is 0.278 e. The molecule has 3 aromatic carbocycles. The summed E-state index contributed by atoms with van der Waals surface area (Å²) >= 11 is 1.65. The predicted molar refractivity (Wildman–Crippen MR) is 138 cm³/mol. The van der Waals surface area contributed by atoms with Crippen molar-refractivity contribution in [1.82, 2.24) is 4.90 Å². The molecule has 0 saturated carbocycles. The highest BCUT2D eigenvalue weighted by Crippen LogP contribution is 2.34. The molecule has 5 heteroatoms. The molecule has 0 aromatic heterocycles. The van der Waals surface area contributed by atoms with E-state index in [9.17, 15) is 4.79 Å². The minimum atomic E-state index is -0.00137. The Kier molecular flexibility index (Phi) is 6.60. The van der Waals surface area contributed by atoms with Gasteiger partial charge in [-0.05, 0) is 55.2 Å². The number of carbonyl (C=O) groups is 1. The molecular formula is C28H29N3OS. The van der Waals surface area contributed by atoms with Gasteiger partial charge in [0, 0.05) is 23.5 Å². The van der Waals surface area contributed by atoms with Gasteiger partial charge in [0.25, 0.3) is 5.91 Å². The molecule has 1 amide bonds. The Morgan fingerprint density at radius 2 is 1.61 bits per heavy atom. The summed E-state index contributed by atoms with van der Waals surface area (Å²) in [4.78, 5) is 23.7. The molecule has 2 aliphatic rings. The molecule has 0 radical (unpaired) electrons. The van der Waals surface area contributed by atoms with Crippen LogP contribution in [0.2, 0.25) is 0 Å². The van der Waals surface area contributed by atoms with Crippen LogP contribution in [0.1, 0.15) is 24.0 Å². The number of hydrogen-bond donors (Lipinski definition) is 0. The van der Waals surface area contributed by atoms with E-state index in [0.717, 1.165) is 41.3 Å². The lowest BCUT2D eigenvalue weighted by Crippen LogP contribution is -2.44. The van der Waals surface area contributed by atoms with Gasteiger partial charge < -0.3 is 0 Å². The molecule has 0 aliphatic carbocycles. The van der Waals surface area contributed by atoms with Crippen LogP contribution < -0.4 is 4.90 Å². The number of aliphatic imine (C=N–C) groups is 1. The van der Waals surface area contributed by atoms with Crippen molar-refractivity contribution < 1.29 is 4.79 Å². The number of rotatable bonds is 6. The number of piperidine rings is 1. The van der Waals surface area contributed by atoms with Crippen molar-refractivity contribution in [2.24, 2.45) is 10.9 Å². The molecule has 3 aromatic rings. The molecule has 1 saturated heterocycles. The quantitative estimate of drug-likeness (QED) is 0.442. The number of fused-ring (bicyclic) bond motifs is 1. The Morgan fingerprint density at radius 1 is 0.909 bits per heavy atom. The van der Waals surface area contributed by atoms with E-state index in [-0.39, 0.29) is 5.91 Å². The third kappa shape index (κ3) is 4.75. The molecule has 33 heavy (non-hydrogen) atoms. The summed E-state index contributed by atoms with van der Waals surface area (Å²) in [6.45, 7) is 2.66. The van der Waals surface area contributed by atoms with Crippen LogP contribution in [0.5, 0.6) is 0 Å². The van der Waals surface area contributed by atoms with Crippen LogP contribution >= 0.6 is 11.8 Å². The van der Waals surface area contributed by atoms with Gasteiger partial charge >= 0.3 is 0 Å². The zero-order valence-corrected chi connectivity index (χ0v) is 19.8. The van der Waals surface area contributed by atoms with Gasteiger partial charge in [-0.1, -0.05) is 60.7 Å². The summed E-state index contributed by atoms with van der Waals surface area (Å²) in [5, 5.41) is 0. The molecule has 0 spiro atoms. The second-order valence-electron chi connectivity index (χ2n) is 8.78. The molecule has 4 nitrogen and oxygen atoms in total. The molecule has 168 valence electrons. The monoisotopic (exact) mass is 455 g/mol. The Bertz CT molecular complexity index is 1150. The van der Waals surface area contributed by atoms with Crippen LogP contribution in [-0.4, -0.2) is 42.5 Å². The smallest absolute Gasteiger partial charge is 0.278 e. The number of nitrogens with zero attached hydrogens (tertiary/aromatic N) is 3. The minimum absolute atomic E-state index is 0.00137. The zero-order valence-electron chi connectivity index (χ0n) is 19.0. The summed E-state index contributed by atoms with van der Waals surface area (Å²) in [5.74, 6) is 0.712. The molecule has 0 unspecified atom stereocenters. The largest absolute Gasteiger partial charge is 0.293 e. The van der Waals surface area contributed by atoms with Crippen molar-refractivity contribution in [2.75, 3.05) is 30.9 Å². The molecule has 1 fully saturated rings. The SMILES string of the molecule is CSc1ccccc1N=C1C(=O)N(CN2CCC(Cc3ccccc3)CC2)c2ccccc21. The van der Waals surface area contributed by atoms with Crippen molar-refractivity contribution >= 4 is 34.8 Å². The second kappa shape index (κ2) is 9.94. The van der Waals surface area contributed by atoms with Crippen LogP contribution in [-0.2, 0) is 11.2 Å². The highest BCUT2D eigenvalue weighted by Gasteiger charge is 2.35. The fourth-order valence-electron chi connectivity index (χ4n) is 4.83. The van der Waals surface area contributed by atoms with Gasteiger partial charge in [0.2, 0.25) is 0 Å². The Morgan fingerprint density at radius 3 is 2.39 bits per heavy atom. The number of para-hydroxylation sites is 2. The maximum absolute atomic E-state index is 13.5. The Balaban J connectivity index is 1.30. The summed E-state index contributed by atoms with van der Waals surface area (Å²) in [5.41, 5.74) is 4.72. The standard InChI is InChI=1S/C28H29N3OS/c1-33-26-14-8-6-12-24(26)29-27-23-11-5-7-13-25(23)31(28(27)32)20-30-17-15-22(16-18-30)19-21-9-3-2-4-10-21/h2-14,22H,15-20H2,1H3. The van der Waals surface area contributed by atoms with E-state index in [1.165, 1.54) is 18.4 Å². The first kappa shape index (κ1) is 21.9. The summed E-state index contributed by atoms with van der Waals surface area (Å²) in [6.07, 6.45) is 5.52.